The molecule has 1 amide bonds. The largest absolute Gasteiger partial charge is 0.465 e. The molecule has 8 nitrogen and oxygen atoms in total. The van der Waals surface area contributed by atoms with Crippen LogP contribution in [-0.2, 0) is 0 Å². The first-order valence-corrected chi connectivity index (χ1v) is 7.24. The summed E-state index contributed by atoms with van der Waals surface area (Å²) in [6, 6.07) is 1.94. The highest BCUT2D eigenvalue weighted by Crippen LogP contribution is 2.22. The highest BCUT2D eigenvalue weighted by atomic mass is 16.4. The van der Waals surface area contributed by atoms with E-state index in [1.165, 1.54) is 0 Å². The molecule has 1 aliphatic rings. The summed E-state index contributed by atoms with van der Waals surface area (Å²) in [5.41, 5.74) is 0. The maximum atomic E-state index is 10.5. The van der Waals surface area contributed by atoms with E-state index in [4.69, 9.17) is 5.11 Å². The number of imidazole rings is 1. The number of hydrogen-bond acceptors (Lipinski definition) is 5. The van der Waals surface area contributed by atoms with Crippen molar-refractivity contribution in [2.45, 2.75) is 12.8 Å². The Morgan fingerprint density at radius 3 is 2.77 bits per heavy atom. The molecule has 2 aromatic rings. The Bertz CT molecular complexity index is 622. The van der Waals surface area contributed by atoms with Crippen LogP contribution in [0.15, 0.2) is 31.1 Å². The summed E-state index contributed by atoms with van der Waals surface area (Å²) in [6.07, 6.45) is 7.76. The van der Waals surface area contributed by atoms with Gasteiger partial charge in [0.05, 0.1) is 0 Å². The molecule has 3 rings (SSSR count). The van der Waals surface area contributed by atoms with E-state index in [0.29, 0.717) is 12.5 Å². The fourth-order valence-electron chi connectivity index (χ4n) is 2.64. The third-order valence-electron chi connectivity index (χ3n) is 3.89. The Morgan fingerprint density at radius 2 is 2.09 bits per heavy atom. The van der Waals surface area contributed by atoms with Gasteiger partial charge in [-0.3, -0.25) is 4.57 Å². The summed E-state index contributed by atoms with van der Waals surface area (Å²) >= 11 is 0. The number of nitrogens with zero attached hydrogens (tertiary/aromatic N) is 5. The second kappa shape index (κ2) is 6.42. The predicted octanol–water partition coefficient (Wildman–Crippen LogP) is 1.15. The fourth-order valence-corrected chi connectivity index (χ4v) is 2.64. The van der Waals surface area contributed by atoms with Crippen LogP contribution in [0.1, 0.15) is 12.8 Å². The van der Waals surface area contributed by atoms with Crippen LogP contribution in [0.3, 0.4) is 0 Å². The van der Waals surface area contributed by atoms with Gasteiger partial charge in [-0.2, -0.15) is 0 Å². The second-order valence-electron chi connectivity index (χ2n) is 5.32. The van der Waals surface area contributed by atoms with Gasteiger partial charge in [-0.05, 0) is 18.8 Å². The molecular weight excluding hydrogens is 284 g/mol. The summed E-state index contributed by atoms with van der Waals surface area (Å²) in [7, 11) is 0. The molecule has 0 bridgehead atoms. The Hall–Kier alpha value is -2.64. The minimum Gasteiger partial charge on any atom is -0.465 e. The molecule has 0 radical (unpaired) electrons. The van der Waals surface area contributed by atoms with Crippen LogP contribution < -0.4 is 10.2 Å². The van der Waals surface area contributed by atoms with Crippen LogP contribution in [0.4, 0.5) is 10.6 Å². The number of piperidine rings is 1. The topological polar surface area (TPSA) is 96.2 Å². The van der Waals surface area contributed by atoms with Gasteiger partial charge in [-0.1, -0.05) is 0 Å². The van der Waals surface area contributed by atoms with Gasteiger partial charge >= 0.3 is 6.09 Å². The van der Waals surface area contributed by atoms with Crippen molar-refractivity contribution in [3.05, 3.63) is 31.1 Å². The number of amides is 1. The zero-order valence-corrected chi connectivity index (χ0v) is 12.1. The van der Waals surface area contributed by atoms with Crippen molar-refractivity contribution >= 4 is 11.9 Å². The van der Waals surface area contributed by atoms with E-state index in [0.717, 1.165) is 37.6 Å². The number of nitrogens with one attached hydrogen (secondary N) is 1. The summed E-state index contributed by atoms with van der Waals surface area (Å²) in [6.45, 7) is 2.26. The van der Waals surface area contributed by atoms with Gasteiger partial charge in [0.25, 0.3) is 0 Å². The molecule has 1 fully saturated rings. The lowest BCUT2D eigenvalue weighted by Crippen LogP contribution is -2.38. The molecule has 0 unspecified atom stereocenters. The van der Waals surface area contributed by atoms with E-state index in [2.05, 4.69) is 25.2 Å². The van der Waals surface area contributed by atoms with Crippen molar-refractivity contribution in [3.8, 4) is 5.82 Å². The minimum atomic E-state index is -0.955. The van der Waals surface area contributed by atoms with Crippen LogP contribution in [0.25, 0.3) is 5.82 Å². The zero-order valence-electron chi connectivity index (χ0n) is 12.1. The van der Waals surface area contributed by atoms with Crippen molar-refractivity contribution < 1.29 is 9.90 Å². The normalized spacial score (nSPS) is 15.7. The molecule has 1 saturated heterocycles. The van der Waals surface area contributed by atoms with Gasteiger partial charge in [0.2, 0.25) is 0 Å². The standard InChI is InChI=1S/C14H18N6O2/c21-14(22)16-8-11-1-4-19(5-2-11)12-7-13(18-9-17-12)20-6-3-15-10-20/h3,6-7,9-11,16H,1-2,4-5,8H2,(H,21,22). The average molecular weight is 302 g/mol. The lowest BCUT2D eigenvalue weighted by molar-refractivity contribution is 0.191. The average Bonchev–Trinajstić information content (AvgIpc) is 3.08. The maximum absolute atomic E-state index is 10.5. The molecule has 8 heteroatoms. The van der Waals surface area contributed by atoms with Gasteiger partial charge in [0, 0.05) is 38.1 Å². The summed E-state index contributed by atoms with van der Waals surface area (Å²) < 4.78 is 1.84. The van der Waals surface area contributed by atoms with E-state index in [-0.39, 0.29) is 0 Å². The molecule has 0 aliphatic carbocycles. The highest BCUT2D eigenvalue weighted by molar-refractivity contribution is 5.64. The maximum Gasteiger partial charge on any atom is 0.404 e. The molecule has 22 heavy (non-hydrogen) atoms. The van der Waals surface area contributed by atoms with Gasteiger partial charge in [0.1, 0.15) is 24.3 Å². The predicted molar refractivity (Wildman–Crippen MR) is 80.1 cm³/mol. The molecule has 0 aromatic carbocycles. The lowest BCUT2D eigenvalue weighted by Gasteiger charge is -2.32. The Kier molecular flexibility index (Phi) is 4.17. The third-order valence-corrected chi connectivity index (χ3v) is 3.89. The number of aromatic nitrogens is 4. The molecule has 2 N–H and O–H groups in total. The van der Waals surface area contributed by atoms with E-state index >= 15 is 0 Å². The molecular formula is C14H18N6O2. The van der Waals surface area contributed by atoms with Crippen LogP contribution in [0.5, 0.6) is 0 Å². The van der Waals surface area contributed by atoms with Crippen molar-refractivity contribution in [2.75, 3.05) is 24.5 Å². The van der Waals surface area contributed by atoms with Gasteiger partial charge in [0.15, 0.2) is 0 Å². The van der Waals surface area contributed by atoms with Crippen molar-refractivity contribution in [3.63, 3.8) is 0 Å². The summed E-state index contributed by atoms with van der Waals surface area (Å²) in [5, 5.41) is 11.1. The number of rotatable bonds is 4. The van der Waals surface area contributed by atoms with Gasteiger partial charge in [-0.25, -0.2) is 19.7 Å². The van der Waals surface area contributed by atoms with Gasteiger partial charge < -0.3 is 15.3 Å². The Balaban J connectivity index is 1.62. The number of hydrogen-bond donors (Lipinski definition) is 2. The van der Waals surface area contributed by atoms with Crippen LogP contribution in [-0.4, -0.2) is 50.4 Å². The van der Waals surface area contributed by atoms with Crippen molar-refractivity contribution in [1.82, 2.24) is 24.8 Å². The van der Waals surface area contributed by atoms with Crippen LogP contribution in [0, 0.1) is 5.92 Å². The highest BCUT2D eigenvalue weighted by Gasteiger charge is 2.21. The summed E-state index contributed by atoms with van der Waals surface area (Å²) in [5.74, 6) is 2.07. The Labute approximate surface area is 127 Å². The first-order valence-electron chi connectivity index (χ1n) is 7.24. The number of carbonyl (C=O) groups is 1. The third kappa shape index (κ3) is 3.33. The Morgan fingerprint density at radius 1 is 1.32 bits per heavy atom. The molecule has 0 atom stereocenters. The molecule has 2 aromatic heterocycles. The smallest absolute Gasteiger partial charge is 0.404 e. The van der Waals surface area contributed by atoms with E-state index < -0.39 is 6.09 Å². The van der Waals surface area contributed by atoms with Crippen molar-refractivity contribution in [2.24, 2.45) is 5.92 Å². The number of carboxylic acid groups (broad SMARTS) is 1. The fraction of sp³-hybridized carbons (Fsp3) is 0.429. The van der Waals surface area contributed by atoms with Crippen LogP contribution in [0.2, 0.25) is 0 Å². The molecule has 3 heterocycles. The zero-order chi connectivity index (χ0) is 15.4. The van der Waals surface area contributed by atoms with Gasteiger partial charge in [-0.15, -0.1) is 0 Å². The first-order chi connectivity index (χ1) is 10.7. The van der Waals surface area contributed by atoms with Crippen LogP contribution >= 0.6 is 0 Å². The van der Waals surface area contributed by atoms with E-state index in [9.17, 15) is 4.79 Å². The minimum absolute atomic E-state index is 0.391. The quantitative estimate of drug-likeness (QED) is 0.879. The van der Waals surface area contributed by atoms with E-state index in [1.54, 1.807) is 18.9 Å². The summed E-state index contributed by atoms with van der Waals surface area (Å²) in [4.78, 5) is 25.4. The lowest BCUT2D eigenvalue weighted by atomic mass is 9.97. The van der Waals surface area contributed by atoms with Crippen molar-refractivity contribution in [1.29, 1.82) is 0 Å². The molecule has 116 valence electrons. The second-order valence-corrected chi connectivity index (χ2v) is 5.32. The molecule has 1 aliphatic heterocycles. The first kappa shape index (κ1) is 14.3. The monoisotopic (exact) mass is 302 g/mol. The SMILES string of the molecule is O=C(O)NCC1CCN(c2cc(-n3ccnc3)ncn2)CC1. The van der Waals surface area contributed by atoms with E-state index in [1.807, 2.05) is 16.8 Å². The molecule has 0 spiro atoms. The molecule has 0 saturated carbocycles. The number of anilines is 1.